The molecular formula is C25H24ClF3N2O2. The van der Waals surface area contributed by atoms with E-state index in [2.05, 4.69) is 10.3 Å². The molecule has 4 nitrogen and oxygen atoms in total. The normalized spacial score (nSPS) is 19.8. The number of hydrogen-bond acceptors (Lipinski definition) is 3. The van der Waals surface area contributed by atoms with Gasteiger partial charge in [-0.25, -0.2) is 0 Å². The third-order valence-electron chi connectivity index (χ3n) is 6.21. The van der Waals surface area contributed by atoms with Crippen LogP contribution in [0.4, 0.5) is 13.2 Å². The zero-order valence-electron chi connectivity index (χ0n) is 18.0. The number of alkyl halides is 3. The monoisotopic (exact) mass is 476 g/mol. The van der Waals surface area contributed by atoms with Gasteiger partial charge in [-0.15, -0.1) is 0 Å². The Morgan fingerprint density at radius 2 is 1.79 bits per heavy atom. The third-order valence-corrected chi connectivity index (χ3v) is 6.47. The maximum atomic E-state index is 13.1. The first kappa shape index (κ1) is 23.4. The van der Waals surface area contributed by atoms with Gasteiger partial charge in [0.05, 0.1) is 17.2 Å². The molecule has 0 spiro atoms. The average molecular weight is 477 g/mol. The molecule has 2 aromatic carbocycles. The lowest BCUT2D eigenvalue weighted by atomic mass is 9.83. The molecular weight excluding hydrogens is 453 g/mol. The van der Waals surface area contributed by atoms with Crippen LogP contribution >= 0.6 is 11.6 Å². The van der Waals surface area contributed by atoms with E-state index in [0.717, 1.165) is 37.8 Å². The lowest BCUT2D eigenvalue weighted by molar-refractivity contribution is -0.137. The molecule has 174 valence electrons. The summed E-state index contributed by atoms with van der Waals surface area (Å²) in [4.78, 5) is 16.6. The molecule has 0 bridgehead atoms. The van der Waals surface area contributed by atoms with Crippen molar-refractivity contribution in [2.45, 2.75) is 50.9 Å². The summed E-state index contributed by atoms with van der Waals surface area (Å²) in [6.07, 6.45) is 0.244. The van der Waals surface area contributed by atoms with E-state index in [-0.39, 0.29) is 18.1 Å². The molecule has 1 saturated carbocycles. The van der Waals surface area contributed by atoms with Gasteiger partial charge in [-0.1, -0.05) is 11.6 Å². The van der Waals surface area contributed by atoms with E-state index in [0.29, 0.717) is 33.2 Å². The Bertz CT molecular complexity index is 1130. The highest BCUT2D eigenvalue weighted by Crippen LogP contribution is 2.36. The lowest BCUT2D eigenvalue weighted by Crippen LogP contribution is -2.40. The maximum absolute atomic E-state index is 13.1. The third kappa shape index (κ3) is 5.58. The Hall–Kier alpha value is -2.80. The number of benzene rings is 2. The van der Waals surface area contributed by atoms with E-state index >= 15 is 0 Å². The average Bonchev–Trinajstić information content (AvgIpc) is 2.79. The minimum absolute atomic E-state index is 0.00905. The Morgan fingerprint density at radius 3 is 2.45 bits per heavy atom. The minimum atomic E-state index is -4.42. The first-order chi connectivity index (χ1) is 15.7. The van der Waals surface area contributed by atoms with Crippen LogP contribution in [0.5, 0.6) is 5.75 Å². The number of amides is 1. The smallest absolute Gasteiger partial charge is 0.416 e. The van der Waals surface area contributed by atoms with E-state index in [4.69, 9.17) is 16.3 Å². The summed E-state index contributed by atoms with van der Waals surface area (Å²) < 4.78 is 45.6. The van der Waals surface area contributed by atoms with E-state index < -0.39 is 11.7 Å². The summed E-state index contributed by atoms with van der Waals surface area (Å²) >= 11 is 5.88. The molecule has 1 fully saturated rings. The van der Waals surface area contributed by atoms with Gasteiger partial charge in [0, 0.05) is 28.2 Å². The fourth-order valence-corrected chi connectivity index (χ4v) is 4.42. The maximum Gasteiger partial charge on any atom is 0.416 e. The molecule has 8 heteroatoms. The number of nitrogens with zero attached hydrogens (tertiary/aromatic N) is 1. The topological polar surface area (TPSA) is 51.2 Å². The Kier molecular flexibility index (Phi) is 6.79. The molecule has 1 aromatic heterocycles. The highest BCUT2D eigenvalue weighted by Gasteiger charge is 2.31. The van der Waals surface area contributed by atoms with Gasteiger partial charge in [-0.3, -0.25) is 9.78 Å². The van der Waals surface area contributed by atoms with E-state index in [1.807, 2.05) is 6.92 Å². The summed E-state index contributed by atoms with van der Waals surface area (Å²) in [5.74, 6) is 0.576. The van der Waals surface area contributed by atoms with Crippen LogP contribution in [0.3, 0.4) is 0 Å². The van der Waals surface area contributed by atoms with Crippen LogP contribution in [0.25, 0.3) is 10.9 Å². The SMILES string of the molecule is CC(NC(=O)c1ccc(Cl)cc1)[C@H]1CC[C@@H](Oc2ccnc3ccc(C(F)(F)F)cc23)CC1. The molecule has 1 heterocycles. The van der Waals surface area contributed by atoms with E-state index in [9.17, 15) is 18.0 Å². The van der Waals surface area contributed by atoms with Gasteiger partial charge < -0.3 is 10.1 Å². The van der Waals surface area contributed by atoms with Crippen molar-refractivity contribution in [3.05, 3.63) is 70.9 Å². The van der Waals surface area contributed by atoms with Gasteiger partial charge in [-0.2, -0.15) is 13.2 Å². The van der Waals surface area contributed by atoms with Crippen molar-refractivity contribution in [1.82, 2.24) is 10.3 Å². The summed E-state index contributed by atoms with van der Waals surface area (Å²) in [5.41, 5.74) is 0.306. The molecule has 0 radical (unpaired) electrons. The number of aromatic nitrogens is 1. The second kappa shape index (κ2) is 9.59. The van der Waals surface area contributed by atoms with Crippen molar-refractivity contribution < 1.29 is 22.7 Å². The molecule has 1 atom stereocenters. The number of ether oxygens (including phenoxy) is 1. The van der Waals surface area contributed by atoms with Gasteiger partial charge in [0.15, 0.2) is 0 Å². The number of fused-ring (bicyclic) bond motifs is 1. The highest BCUT2D eigenvalue weighted by molar-refractivity contribution is 6.30. The van der Waals surface area contributed by atoms with Gasteiger partial charge >= 0.3 is 6.18 Å². The van der Waals surface area contributed by atoms with Crippen LogP contribution in [0.1, 0.15) is 48.5 Å². The molecule has 33 heavy (non-hydrogen) atoms. The molecule has 0 aliphatic heterocycles. The Balaban J connectivity index is 1.37. The molecule has 3 aromatic rings. The van der Waals surface area contributed by atoms with Crippen molar-refractivity contribution in [2.24, 2.45) is 5.92 Å². The fraction of sp³-hybridized carbons (Fsp3) is 0.360. The molecule has 1 aliphatic rings. The number of carbonyl (C=O) groups is 1. The van der Waals surface area contributed by atoms with Crippen molar-refractivity contribution in [3.63, 3.8) is 0 Å². The molecule has 1 N–H and O–H groups in total. The number of carbonyl (C=O) groups excluding carboxylic acids is 1. The quantitative estimate of drug-likeness (QED) is 0.447. The molecule has 1 amide bonds. The van der Waals surface area contributed by atoms with Gasteiger partial charge in [0.25, 0.3) is 5.91 Å². The second-order valence-corrected chi connectivity index (χ2v) is 8.90. The largest absolute Gasteiger partial charge is 0.490 e. The zero-order chi connectivity index (χ0) is 23.6. The summed E-state index contributed by atoms with van der Waals surface area (Å²) in [6, 6.07) is 11.9. The highest BCUT2D eigenvalue weighted by atomic mass is 35.5. The lowest BCUT2D eigenvalue weighted by Gasteiger charge is -2.33. The molecule has 0 saturated heterocycles. The first-order valence-corrected chi connectivity index (χ1v) is 11.3. The van der Waals surface area contributed by atoms with Crippen molar-refractivity contribution >= 4 is 28.4 Å². The summed E-state index contributed by atoms with van der Waals surface area (Å²) in [5, 5.41) is 3.99. The van der Waals surface area contributed by atoms with Gasteiger partial charge in [-0.05, 0) is 87.1 Å². The minimum Gasteiger partial charge on any atom is -0.490 e. The van der Waals surface area contributed by atoms with Crippen LogP contribution < -0.4 is 10.1 Å². The Morgan fingerprint density at radius 1 is 1.09 bits per heavy atom. The van der Waals surface area contributed by atoms with Gasteiger partial charge in [0.1, 0.15) is 5.75 Å². The fourth-order valence-electron chi connectivity index (χ4n) is 4.30. The van der Waals surface area contributed by atoms with Crippen LogP contribution in [0.2, 0.25) is 5.02 Å². The predicted molar refractivity (Wildman–Crippen MR) is 121 cm³/mol. The number of nitrogens with one attached hydrogen (secondary N) is 1. The second-order valence-electron chi connectivity index (χ2n) is 8.46. The van der Waals surface area contributed by atoms with Crippen molar-refractivity contribution in [2.75, 3.05) is 0 Å². The van der Waals surface area contributed by atoms with Crippen molar-refractivity contribution in [1.29, 1.82) is 0 Å². The molecule has 1 aliphatic carbocycles. The predicted octanol–water partition coefficient (Wildman–Crippen LogP) is 6.66. The number of halogens is 4. The van der Waals surface area contributed by atoms with E-state index in [1.54, 1.807) is 36.5 Å². The van der Waals surface area contributed by atoms with Crippen LogP contribution in [-0.2, 0) is 6.18 Å². The summed E-state index contributed by atoms with van der Waals surface area (Å²) in [7, 11) is 0. The van der Waals surface area contributed by atoms with Crippen molar-refractivity contribution in [3.8, 4) is 5.75 Å². The van der Waals surface area contributed by atoms with Crippen LogP contribution in [-0.4, -0.2) is 23.0 Å². The Labute approximate surface area is 195 Å². The summed E-state index contributed by atoms with van der Waals surface area (Å²) in [6.45, 7) is 1.99. The number of rotatable bonds is 5. The standard InChI is InChI=1S/C25H24ClF3N2O2/c1-15(31-24(32)17-2-7-19(26)8-3-17)16-4-9-20(10-5-16)33-23-12-13-30-22-11-6-18(14-21(22)23)25(27,28)29/h2-3,6-8,11-16,20H,4-5,9-10H2,1H3,(H,31,32)/t15?,16-,20+. The van der Waals surface area contributed by atoms with Crippen LogP contribution in [0.15, 0.2) is 54.7 Å². The van der Waals surface area contributed by atoms with Crippen LogP contribution in [0, 0.1) is 5.92 Å². The number of pyridine rings is 1. The van der Waals surface area contributed by atoms with E-state index in [1.165, 1.54) is 6.07 Å². The first-order valence-electron chi connectivity index (χ1n) is 10.9. The van der Waals surface area contributed by atoms with Gasteiger partial charge in [0.2, 0.25) is 0 Å². The molecule has 4 rings (SSSR count). The number of hydrogen-bond donors (Lipinski definition) is 1. The zero-order valence-corrected chi connectivity index (χ0v) is 18.8. The molecule has 1 unspecified atom stereocenters.